The predicted octanol–water partition coefficient (Wildman–Crippen LogP) is 2.46. The lowest BCUT2D eigenvalue weighted by atomic mass is 9.92. The minimum atomic E-state index is -0.224. The Morgan fingerprint density at radius 3 is 2.82 bits per heavy atom. The maximum Gasteiger partial charge on any atom is 0.282 e. The van der Waals surface area contributed by atoms with Crippen molar-refractivity contribution in [2.24, 2.45) is 10.7 Å². The van der Waals surface area contributed by atoms with E-state index in [0.717, 1.165) is 58.6 Å². The Balaban J connectivity index is 1.42. The van der Waals surface area contributed by atoms with E-state index in [2.05, 4.69) is 33.9 Å². The van der Waals surface area contributed by atoms with Crippen LogP contribution in [0.3, 0.4) is 0 Å². The summed E-state index contributed by atoms with van der Waals surface area (Å²) in [6.07, 6.45) is 3.63. The first-order chi connectivity index (χ1) is 13.6. The van der Waals surface area contributed by atoms with Gasteiger partial charge < -0.3 is 20.1 Å². The number of aromatic nitrogens is 3. The largest absolute Gasteiger partial charge is 0.496 e. The van der Waals surface area contributed by atoms with Gasteiger partial charge in [0, 0.05) is 31.5 Å². The van der Waals surface area contributed by atoms with Crippen molar-refractivity contribution in [3.05, 3.63) is 30.0 Å². The second-order valence-corrected chi connectivity index (χ2v) is 8.29. The molecule has 146 valence electrons. The number of amidine groups is 1. The fourth-order valence-electron chi connectivity index (χ4n) is 3.88. The molecule has 2 aliphatic heterocycles. The van der Waals surface area contributed by atoms with Crippen molar-refractivity contribution in [2.75, 3.05) is 31.6 Å². The highest BCUT2D eigenvalue weighted by atomic mass is 32.1. The van der Waals surface area contributed by atoms with Gasteiger partial charge in [0.25, 0.3) is 6.02 Å². The van der Waals surface area contributed by atoms with Crippen LogP contribution >= 0.6 is 11.3 Å². The molecule has 3 aromatic rings. The lowest BCUT2D eigenvalue weighted by Gasteiger charge is -2.37. The zero-order chi connectivity index (χ0) is 19.3. The van der Waals surface area contributed by atoms with E-state index >= 15 is 0 Å². The standard InChI is InChI=1S/C19H22N6O2S/c1-12-3-4-13(15(9-12)26-2)14-10-21-17-25(14)23-18(28-17)24-7-5-19(6-8-24)11-22-16(20)27-19/h3-4,9-10H,5-8,11H2,1-2H3,(H2,20,22). The van der Waals surface area contributed by atoms with E-state index in [9.17, 15) is 0 Å². The monoisotopic (exact) mass is 398 g/mol. The third kappa shape index (κ3) is 2.77. The number of nitrogens with zero attached hydrogens (tertiary/aromatic N) is 5. The van der Waals surface area contributed by atoms with Gasteiger partial charge in [-0.25, -0.2) is 14.5 Å². The molecule has 1 saturated heterocycles. The van der Waals surface area contributed by atoms with Crippen LogP contribution in [0.5, 0.6) is 5.75 Å². The minimum absolute atomic E-state index is 0.224. The predicted molar refractivity (Wildman–Crippen MR) is 109 cm³/mol. The Morgan fingerprint density at radius 1 is 1.29 bits per heavy atom. The summed E-state index contributed by atoms with van der Waals surface area (Å²) in [6, 6.07) is 6.48. The minimum Gasteiger partial charge on any atom is -0.496 e. The number of ether oxygens (including phenoxy) is 2. The van der Waals surface area contributed by atoms with Gasteiger partial charge in [-0.05, 0) is 24.6 Å². The Bertz CT molecular complexity index is 1060. The molecule has 0 amide bonds. The van der Waals surface area contributed by atoms with Gasteiger partial charge in [-0.15, -0.1) is 5.10 Å². The molecule has 2 aromatic heterocycles. The number of anilines is 1. The van der Waals surface area contributed by atoms with Crippen LogP contribution in [0.15, 0.2) is 29.4 Å². The summed E-state index contributed by atoms with van der Waals surface area (Å²) in [5.74, 6) is 0.826. The summed E-state index contributed by atoms with van der Waals surface area (Å²) in [5, 5.41) is 5.82. The molecule has 0 saturated carbocycles. The molecule has 9 heteroatoms. The molecule has 2 N–H and O–H groups in total. The van der Waals surface area contributed by atoms with Crippen LogP contribution in [0.4, 0.5) is 5.13 Å². The van der Waals surface area contributed by atoms with Gasteiger partial charge in [-0.1, -0.05) is 17.4 Å². The highest BCUT2D eigenvalue weighted by molar-refractivity contribution is 7.20. The van der Waals surface area contributed by atoms with Gasteiger partial charge in [0.2, 0.25) is 10.1 Å². The van der Waals surface area contributed by atoms with E-state index < -0.39 is 0 Å². The van der Waals surface area contributed by atoms with E-state index in [-0.39, 0.29) is 5.60 Å². The number of rotatable bonds is 3. The number of aliphatic imine (C=N–C) groups is 1. The molecule has 5 rings (SSSR count). The maximum atomic E-state index is 5.78. The number of benzene rings is 1. The summed E-state index contributed by atoms with van der Waals surface area (Å²) >= 11 is 1.60. The number of hydrogen-bond acceptors (Lipinski definition) is 8. The topological polar surface area (TPSA) is 90.3 Å². The smallest absolute Gasteiger partial charge is 0.282 e. The number of fused-ring (bicyclic) bond motifs is 1. The summed E-state index contributed by atoms with van der Waals surface area (Å²) in [7, 11) is 1.69. The van der Waals surface area contributed by atoms with Crippen molar-refractivity contribution in [2.45, 2.75) is 25.4 Å². The number of imidazole rings is 1. The van der Waals surface area contributed by atoms with Crippen molar-refractivity contribution in [3.63, 3.8) is 0 Å². The van der Waals surface area contributed by atoms with Gasteiger partial charge in [0.05, 0.1) is 25.5 Å². The molecule has 0 radical (unpaired) electrons. The van der Waals surface area contributed by atoms with Gasteiger partial charge >= 0.3 is 0 Å². The van der Waals surface area contributed by atoms with Crippen LogP contribution in [-0.4, -0.2) is 53.0 Å². The Labute approximate surface area is 166 Å². The first kappa shape index (κ1) is 17.3. The SMILES string of the molecule is COc1cc(C)ccc1-c1cnc2sc(N3CCC4(CC3)CN=C(N)O4)nn12. The van der Waals surface area contributed by atoms with Crippen LogP contribution in [-0.2, 0) is 4.74 Å². The van der Waals surface area contributed by atoms with Crippen LogP contribution in [0.1, 0.15) is 18.4 Å². The number of hydrogen-bond donors (Lipinski definition) is 1. The molecule has 2 aliphatic rings. The molecular formula is C19H22N6O2S. The highest BCUT2D eigenvalue weighted by Gasteiger charge is 2.41. The number of methoxy groups -OCH3 is 1. The van der Waals surface area contributed by atoms with Crippen LogP contribution in [0, 0.1) is 6.92 Å². The van der Waals surface area contributed by atoms with Crippen molar-refractivity contribution in [1.29, 1.82) is 0 Å². The molecule has 0 aliphatic carbocycles. The van der Waals surface area contributed by atoms with Gasteiger partial charge in [-0.2, -0.15) is 0 Å². The second-order valence-electron chi connectivity index (χ2n) is 7.35. The maximum absolute atomic E-state index is 5.78. The van der Waals surface area contributed by atoms with E-state index in [1.807, 2.05) is 16.8 Å². The van der Waals surface area contributed by atoms with Crippen molar-refractivity contribution in [3.8, 4) is 17.0 Å². The molecule has 4 heterocycles. The molecule has 0 unspecified atom stereocenters. The normalized spacial score (nSPS) is 18.5. The fourth-order valence-corrected chi connectivity index (χ4v) is 4.81. The summed E-state index contributed by atoms with van der Waals surface area (Å²) in [4.78, 5) is 11.9. The Morgan fingerprint density at radius 2 is 2.11 bits per heavy atom. The lowest BCUT2D eigenvalue weighted by molar-refractivity contribution is 0.0588. The van der Waals surface area contributed by atoms with Crippen LogP contribution in [0.25, 0.3) is 16.2 Å². The zero-order valence-electron chi connectivity index (χ0n) is 15.9. The first-order valence-electron chi connectivity index (χ1n) is 9.30. The van der Waals surface area contributed by atoms with Gasteiger partial charge in [-0.3, -0.25) is 0 Å². The first-order valence-corrected chi connectivity index (χ1v) is 10.1. The number of nitrogens with two attached hydrogens (primary N) is 1. The summed E-state index contributed by atoms with van der Waals surface area (Å²) in [6.45, 7) is 4.44. The van der Waals surface area contributed by atoms with Gasteiger partial charge in [0.1, 0.15) is 11.4 Å². The van der Waals surface area contributed by atoms with Crippen molar-refractivity contribution in [1.82, 2.24) is 14.6 Å². The summed E-state index contributed by atoms with van der Waals surface area (Å²) in [5.41, 5.74) is 8.56. The van der Waals surface area contributed by atoms with Crippen molar-refractivity contribution >= 4 is 27.5 Å². The average Bonchev–Trinajstić information content (AvgIpc) is 3.37. The zero-order valence-corrected chi connectivity index (χ0v) is 16.7. The third-order valence-corrected chi connectivity index (χ3v) is 6.48. The van der Waals surface area contributed by atoms with Gasteiger partial charge in [0.15, 0.2) is 0 Å². The van der Waals surface area contributed by atoms with Crippen molar-refractivity contribution < 1.29 is 9.47 Å². The quantitative estimate of drug-likeness (QED) is 0.729. The van der Waals surface area contributed by atoms with E-state index in [1.54, 1.807) is 18.4 Å². The number of aryl methyl sites for hydroxylation is 1. The van der Waals surface area contributed by atoms with Crippen LogP contribution < -0.4 is 15.4 Å². The number of piperidine rings is 1. The highest BCUT2D eigenvalue weighted by Crippen LogP contribution is 2.36. The summed E-state index contributed by atoms with van der Waals surface area (Å²) < 4.78 is 13.3. The molecule has 0 bridgehead atoms. The molecular weight excluding hydrogens is 376 g/mol. The van der Waals surface area contributed by atoms with E-state index in [1.165, 1.54) is 0 Å². The molecule has 0 atom stereocenters. The molecule has 8 nitrogen and oxygen atoms in total. The Kier molecular flexibility index (Phi) is 3.94. The molecule has 1 fully saturated rings. The van der Waals surface area contributed by atoms with Crippen LogP contribution in [0.2, 0.25) is 0 Å². The lowest BCUT2D eigenvalue weighted by Crippen LogP contribution is -2.47. The van der Waals surface area contributed by atoms with E-state index in [4.69, 9.17) is 20.3 Å². The average molecular weight is 398 g/mol. The Hall–Kier alpha value is -2.81. The molecule has 28 heavy (non-hydrogen) atoms. The third-order valence-electron chi connectivity index (χ3n) is 5.50. The molecule has 1 aromatic carbocycles. The fraction of sp³-hybridized carbons (Fsp3) is 0.421. The molecule has 1 spiro atoms. The van der Waals surface area contributed by atoms with E-state index in [0.29, 0.717) is 12.6 Å². The second kappa shape index (κ2) is 6.37.